The van der Waals surface area contributed by atoms with Gasteiger partial charge in [-0.3, -0.25) is 0 Å². The first-order valence-electron chi connectivity index (χ1n) is 4.41. The van der Waals surface area contributed by atoms with Crippen molar-refractivity contribution < 1.29 is 0 Å². The van der Waals surface area contributed by atoms with Crippen LogP contribution in [0.5, 0.6) is 0 Å². The van der Waals surface area contributed by atoms with Gasteiger partial charge in [0.05, 0.1) is 0 Å². The molecule has 1 aromatic carbocycles. The quantitative estimate of drug-likeness (QED) is 0.651. The van der Waals surface area contributed by atoms with Gasteiger partial charge in [-0.15, -0.1) is 0 Å². The van der Waals surface area contributed by atoms with Gasteiger partial charge in [0.2, 0.25) is 0 Å². The summed E-state index contributed by atoms with van der Waals surface area (Å²) in [6.45, 7) is 6.42. The second-order valence-corrected chi connectivity index (χ2v) is 3.61. The van der Waals surface area contributed by atoms with E-state index in [9.17, 15) is 0 Å². The van der Waals surface area contributed by atoms with Crippen LogP contribution in [0.25, 0.3) is 0 Å². The maximum Gasteiger partial charge on any atom is 0.0438 e. The summed E-state index contributed by atoms with van der Waals surface area (Å²) in [7, 11) is 0. The minimum Gasteiger partial charge on any atom is -0.0840 e. The van der Waals surface area contributed by atoms with Crippen molar-refractivity contribution in [2.75, 3.05) is 0 Å². The standard InChI is InChI=1S/C11H15Cl/c1-4-5-10-6-7-11(12)9(3)8(10)2/h6-7H,4-5H2,1-3H3. The van der Waals surface area contributed by atoms with E-state index >= 15 is 0 Å². The fourth-order valence-electron chi connectivity index (χ4n) is 1.38. The van der Waals surface area contributed by atoms with Gasteiger partial charge in [-0.1, -0.05) is 31.0 Å². The summed E-state index contributed by atoms with van der Waals surface area (Å²) in [6.07, 6.45) is 2.35. The number of hydrogen-bond donors (Lipinski definition) is 0. The van der Waals surface area contributed by atoms with Crippen LogP contribution < -0.4 is 0 Å². The molecule has 0 atom stereocenters. The summed E-state index contributed by atoms with van der Waals surface area (Å²) in [5.74, 6) is 0. The van der Waals surface area contributed by atoms with Gasteiger partial charge < -0.3 is 0 Å². The SMILES string of the molecule is CCCc1ccc(Cl)c(C)c1C. The highest BCUT2D eigenvalue weighted by Crippen LogP contribution is 2.22. The Hall–Kier alpha value is -0.490. The maximum atomic E-state index is 5.99. The second-order valence-electron chi connectivity index (χ2n) is 3.21. The third-order valence-corrected chi connectivity index (χ3v) is 2.76. The van der Waals surface area contributed by atoms with E-state index in [0.717, 1.165) is 11.4 Å². The van der Waals surface area contributed by atoms with Crippen LogP contribution in [-0.4, -0.2) is 0 Å². The first-order chi connectivity index (χ1) is 5.66. The van der Waals surface area contributed by atoms with E-state index in [1.807, 2.05) is 6.07 Å². The molecule has 0 fully saturated rings. The number of rotatable bonds is 2. The van der Waals surface area contributed by atoms with Crippen molar-refractivity contribution in [2.24, 2.45) is 0 Å². The smallest absolute Gasteiger partial charge is 0.0438 e. The van der Waals surface area contributed by atoms with Crippen LogP contribution >= 0.6 is 11.6 Å². The average molecular weight is 183 g/mol. The van der Waals surface area contributed by atoms with Crippen LogP contribution in [0.3, 0.4) is 0 Å². The molecule has 12 heavy (non-hydrogen) atoms. The molecule has 0 nitrogen and oxygen atoms in total. The molecule has 0 saturated carbocycles. The summed E-state index contributed by atoms with van der Waals surface area (Å²) < 4.78 is 0. The Balaban J connectivity index is 3.08. The predicted molar refractivity (Wildman–Crippen MR) is 54.9 cm³/mol. The Labute approximate surface area is 79.6 Å². The zero-order valence-electron chi connectivity index (χ0n) is 7.95. The van der Waals surface area contributed by atoms with E-state index in [0.29, 0.717) is 0 Å². The number of halogens is 1. The van der Waals surface area contributed by atoms with Gasteiger partial charge in [0.1, 0.15) is 0 Å². The molecule has 1 rings (SSSR count). The van der Waals surface area contributed by atoms with E-state index < -0.39 is 0 Å². The molecule has 0 heterocycles. The van der Waals surface area contributed by atoms with Crippen molar-refractivity contribution in [3.8, 4) is 0 Å². The zero-order valence-corrected chi connectivity index (χ0v) is 8.70. The van der Waals surface area contributed by atoms with Gasteiger partial charge in [0, 0.05) is 5.02 Å². The topological polar surface area (TPSA) is 0 Å². The highest BCUT2D eigenvalue weighted by atomic mass is 35.5. The lowest BCUT2D eigenvalue weighted by atomic mass is 10.0. The minimum atomic E-state index is 0.882. The van der Waals surface area contributed by atoms with Gasteiger partial charge in [0.25, 0.3) is 0 Å². The molecule has 1 heteroatoms. The Bertz CT molecular complexity index is 277. The lowest BCUT2D eigenvalue weighted by molar-refractivity contribution is 0.910. The summed E-state index contributed by atoms with van der Waals surface area (Å²) in [4.78, 5) is 0. The number of aryl methyl sites for hydroxylation is 1. The normalized spacial score (nSPS) is 10.3. The molecule has 0 spiro atoms. The van der Waals surface area contributed by atoms with Gasteiger partial charge in [-0.2, -0.15) is 0 Å². The van der Waals surface area contributed by atoms with Crippen molar-refractivity contribution in [1.82, 2.24) is 0 Å². The van der Waals surface area contributed by atoms with Crippen molar-refractivity contribution in [1.29, 1.82) is 0 Å². The molecule has 0 amide bonds. The fraction of sp³-hybridized carbons (Fsp3) is 0.455. The molecular weight excluding hydrogens is 168 g/mol. The highest BCUT2D eigenvalue weighted by molar-refractivity contribution is 6.31. The molecule has 0 saturated heterocycles. The van der Waals surface area contributed by atoms with Crippen molar-refractivity contribution in [2.45, 2.75) is 33.6 Å². The summed E-state index contributed by atoms with van der Waals surface area (Å²) in [5.41, 5.74) is 4.01. The lowest BCUT2D eigenvalue weighted by Crippen LogP contribution is -1.92. The van der Waals surface area contributed by atoms with E-state index in [1.54, 1.807) is 0 Å². The van der Waals surface area contributed by atoms with E-state index in [2.05, 4.69) is 26.8 Å². The first-order valence-corrected chi connectivity index (χ1v) is 4.79. The fourth-order valence-corrected chi connectivity index (χ4v) is 1.59. The molecule has 0 N–H and O–H groups in total. The molecular formula is C11H15Cl. The van der Waals surface area contributed by atoms with Crippen LogP contribution in [0.2, 0.25) is 5.02 Å². The zero-order chi connectivity index (χ0) is 9.14. The molecule has 0 radical (unpaired) electrons. The Kier molecular flexibility index (Phi) is 3.16. The van der Waals surface area contributed by atoms with Crippen LogP contribution in [0.1, 0.15) is 30.0 Å². The van der Waals surface area contributed by atoms with E-state index in [1.165, 1.54) is 23.1 Å². The van der Waals surface area contributed by atoms with Gasteiger partial charge in [0.15, 0.2) is 0 Å². The monoisotopic (exact) mass is 182 g/mol. The van der Waals surface area contributed by atoms with Crippen LogP contribution in [-0.2, 0) is 6.42 Å². The maximum absolute atomic E-state index is 5.99. The summed E-state index contributed by atoms with van der Waals surface area (Å²) in [6, 6.07) is 4.13. The van der Waals surface area contributed by atoms with Gasteiger partial charge in [-0.25, -0.2) is 0 Å². The largest absolute Gasteiger partial charge is 0.0840 e. The summed E-state index contributed by atoms with van der Waals surface area (Å²) in [5, 5.41) is 0.882. The van der Waals surface area contributed by atoms with Crippen LogP contribution in [0.4, 0.5) is 0 Å². The van der Waals surface area contributed by atoms with Crippen molar-refractivity contribution in [3.05, 3.63) is 33.8 Å². The molecule has 0 bridgehead atoms. The Morgan fingerprint density at radius 1 is 1.17 bits per heavy atom. The molecule has 0 aliphatic carbocycles. The van der Waals surface area contributed by atoms with Gasteiger partial charge >= 0.3 is 0 Å². The van der Waals surface area contributed by atoms with E-state index in [4.69, 9.17) is 11.6 Å². The second kappa shape index (κ2) is 3.95. The van der Waals surface area contributed by atoms with E-state index in [-0.39, 0.29) is 0 Å². The predicted octanol–water partition coefficient (Wildman–Crippen LogP) is 3.91. The minimum absolute atomic E-state index is 0.882. The van der Waals surface area contributed by atoms with Crippen molar-refractivity contribution in [3.63, 3.8) is 0 Å². The molecule has 0 aliphatic rings. The Morgan fingerprint density at radius 3 is 2.42 bits per heavy atom. The number of benzene rings is 1. The third-order valence-electron chi connectivity index (χ3n) is 2.35. The average Bonchev–Trinajstić information content (AvgIpc) is 2.07. The molecule has 66 valence electrons. The van der Waals surface area contributed by atoms with Gasteiger partial charge in [-0.05, 0) is 43.0 Å². The number of hydrogen-bond acceptors (Lipinski definition) is 0. The third kappa shape index (κ3) is 1.81. The highest BCUT2D eigenvalue weighted by Gasteiger charge is 2.02. The molecule has 0 aliphatic heterocycles. The molecule has 0 unspecified atom stereocenters. The van der Waals surface area contributed by atoms with Crippen LogP contribution in [0.15, 0.2) is 12.1 Å². The lowest BCUT2D eigenvalue weighted by Gasteiger charge is -2.08. The van der Waals surface area contributed by atoms with Crippen LogP contribution in [0, 0.1) is 13.8 Å². The molecule has 1 aromatic rings. The summed E-state index contributed by atoms with van der Waals surface area (Å²) >= 11 is 5.99. The molecule has 0 aromatic heterocycles. The van der Waals surface area contributed by atoms with Crippen molar-refractivity contribution >= 4 is 11.6 Å². The first kappa shape index (κ1) is 9.60. The Morgan fingerprint density at radius 2 is 1.83 bits per heavy atom.